The molecule has 0 atom stereocenters. The molecule has 0 radical (unpaired) electrons. The van der Waals surface area contributed by atoms with Gasteiger partial charge in [0.1, 0.15) is 23.8 Å². The summed E-state index contributed by atoms with van der Waals surface area (Å²) in [6.45, 7) is 12.0. The van der Waals surface area contributed by atoms with Crippen molar-refractivity contribution >= 4 is 29.8 Å². The van der Waals surface area contributed by atoms with Crippen LogP contribution in [0.1, 0.15) is 90.5 Å². The highest BCUT2D eigenvalue weighted by atomic mass is 16.6. The summed E-state index contributed by atoms with van der Waals surface area (Å²) < 4.78 is 11.3. The van der Waals surface area contributed by atoms with Crippen molar-refractivity contribution in [3.63, 3.8) is 0 Å². The summed E-state index contributed by atoms with van der Waals surface area (Å²) >= 11 is 0. The third-order valence-electron chi connectivity index (χ3n) is 10.1. The molecule has 1 aromatic carbocycles. The van der Waals surface area contributed by atoms with Crippen LogP contribution in [-0.4, -0.2) is 96.0 Å². The van der Waals surface area contributed by atoms with Gasteiger partial charge in [-0.15, -0.1) is 0 Å². The van der Waals surface area contributed by atoms with Crippen molar-refractivity contribution < 1.29 is 19.1 Å². The van der Waals surface area contributed by atoms with E-state index in [9.17, 15) is 9.59 Å². The van der Waals surface area contributed by atoms with Crippen LogP contribution in [0.5, 0.6) is 0 Å². The number of nitrogen functional groups attached to an aromatic ring is 1. The second-order valence-electron chi connectivity index (χ2n) is 15.3. The fraction of sp³-hybridized carbons (Fsp3) is 0.684. The van der Waals surface area contributed by atoms with Gasteiger partial charge in [0, 0.05) is 51.4 Å². The average Bonchev–Trinajstić information content (AvgIpc) is 3.11. The SMILES string of the molecule is CC(C)(C)OC(=O)N(CCCNCC1CCC(CNc2cc(N)nc(N3CCN(C(=O)OCc4ccccc4)CC3)n2)CC1)C1CCCCC1. The molecule has 1 aromatic heterocycles. The first-order chi connectivity index (χ1) is 24.1. The normalized spacial score (nSPS) is 20.3. The molecule has 2 aromatic rings. The van der Waals surface area contributed by atoms with Crippen molar-refractivity contribution in [2.24, 2.45) is 11.8 Å². The van der Waals surface area contributed by atoms with Crippen LogP contribution in [-0.2, 0) is 16.1 Å². The number of nitrogens with zero attached hydrogens (tertiary/aromatic N) is 5. The predicted octanol–water partition coefficient (Wildman–Crippen LogP) is 6.29. The van der Waals surface area contributed by atoms with Crippen molar-refractivity contribution in [2.75, 3.05) is 68.3 Å². The van der Waals surface area contributed by atoms with Gasteiger partial charge in [0.05, 0.1) is 0 Å². The van der Waals surface area contributed by atoms with E-state index in [0.29, 0.717) is 55.8 Å². The zero-order chi connectivity index (χ0) is 35.3. The molecule has 2 amide bonds. The van der Waals surface area contributed by atoms with Gasteiger partial charge >= 0.3 is 12.2 Å². The number of hydrogen-bond donors (Lipinski definition) is 3. The summed E-state index contributed by atoms with van der Waals surface area (Å²) in [5, 5.41) is 7.21. The number of carbonyl (C=O) groups is 2. The number of aromatic nitrogens is 2. The van der Waals surface area contributed by atoms with Crippen LogP contribution in [0, 0.1) is 11.8 Å². The van der Waals surface area contributed by atoms with Crippen LogP contribution in [0.4, 0.5) is 27.2 Å². The number of nitrogens with one attached hydrogen (secondary N) is 2. The van der Waals surface area contributed by atoms with Gasteiger partial charge in [-0.05, 0) is 96.2 Å². The number of ether oxygens (including phenoxy) is 2. The van der Waals surface area contributed by atoms with Crippen molar-refractivity contribution in [2.45, 2.75) is 103 Å². The van der Waals surface area contributed by atoms with Crippen LogP contribution in [0.2, 0.25) is 0 Å². The van der Waals surface area contributed by atoms with Gasteiger partial charge in [-0.3, -0.25) is 0 Å². The van der Waals surface area contributed by atoms with E-state index < -0.39 is 5.60 Å². The number of amides is 2. The molecule has 50 heavy (non-hydrogen) atoms. The molecule has 276 valence electrons. The Kier molecular flexibility index (Phi) is 13.8. The molecule has 12 heteroatoms. The largest absolute Gasteiger partial charge is 0.445 e. The van der Waals surface area contributed by atoms with Gasteiger partial charge in [0.2, 0.25) is 5.95 Å². The van der Waals surface area contributed by atoms with E-state index in [1.165, 1.54) is 44.9 Å². The second kappa shape index (κ2) is 18.4. The number of benzene rings is 1. The lowest BCUT2D eigenvalue weighted by Gasteiger charge is -2.35. The molecule has 12 nitrogen and oxygen atoms in total. The van der Waals surface area contributed by atoms with Gasteiger partial charge in [-0.2, -0.15) is 9.97 Å². The Balaban J connectivity index is 0.974. The summed E-state index contributed by atoms with van der Waals surface area (Å²) in [5.41, 5.74) is 6.69. The van der Waals surface area contributed by atoms with E-state index >= 15 is 0 Å². The molecule has 0 unspecified atom stereocenters. The Morgan fingerprint density at radius 3 is 2.28 bits per heavy atom. The Hall–Kier alpha value is -3.80. The molecule has 1 aliphatic heterocycles. The lowest BCUT2D eigenvalue weighted by molar-refractivity contribution is 0.0119. The minimum atomic E-state index is -0.471. The first-order valence-electron chi connectivity index (χ1n) is 18.9. The Bertz CT molecular complexity index is 1330. The second-order valence-corrected chi connectivity index (χ2v) is 15.3. The number of carbonyl (C=O) groups excluding carboxylic acids is 2. The van der Waals surface area contributed by atoms with Gasteiger partial charge in [0.25, 0.3) is 0 Å². The molecule has 3 aliphatic rings. The van der Waals surface area contributed by atoms with Gasteiger partial charge in [-0.1, -0.05) is 49.6 Å². The van der Waals surface area contributed by atoms with Gasteiger partial charge in [0.15, 0.2) is 0 Å². The lowest BCUT2D eigenvalue weighted by Crippen LogP contribution is -2.49. The zero-order valence-electron chi connectivity index (χ0n) is 30.6. The fourth-order valence-corrected chi connectivity index (χ4v) is 7.29. The Morgan fingerprint density at radius 1 is 0.920 bits per heavy atom. The maximum absolute atomic E-state index is 13.0. The fourth-order valence-electron chi connectivity index (χ4n) is 7.29. The van der Waals surface area contributed by atoms with Crippen molar-refractivity contribution in [1.82, 2.24) is 25.1 Å². The van der Waals surface area contributed by atoms with E-state index in [4.69, 9.17) is 20.2 Å². The number of nitrogens with two attached hydrogens (primary N) is 1. The summed E-state index contributed by atoms with van der Waals surface area (Å²) in [7, 11) is 0. The van der Waals surface area contributed by atoms with E-state index in [1.807, 2.05) is 56.0 Å². The molecular weight excluding hydrogens is 632 g/mol. The lowest BCUT2D eigenvalue weighted by atomic mass is 9.82. The van der Waals surface area contributed by atoms with Crippen LogP contribution in [0.25, 0.3) is 0 Å². The quantitative estimate of drug-likeness (QED) is 0.206. The maximum atomic E-state index is 13.0. The summed E-state index contributed by atoms with van der Waals surface area (Å²) in [6, 6.07) is 11.8. The molecule has 5 rings (SSSR count). The highest BCUT2D eigenvalue weighted by Crippen LogP contribution is 2.29. The van der Waals surface area contributed by atoms with E-state index in [2.05, 4.69) is 20.5 Å². The predicted molar refractivity (Wildman–Crippen MR) is 198 cm³/mol. The van der Waals surface area contributed by atoms with Crippen molar-refractivity contribution in [3.05, 3.63) is 42.0 Å². The third-order valence-corrected chi connectivity index (χ3v) is 10.1. The summed E-state index contributed by atoms with van der Waals surface area (Å²) in [4.78, 5) is 40.7. The van der Waals surface area contributed by atoms with Crippen molar-refractivity contribution in [3.8, 4) is 0 Å². The van der Waals surface area contributed by atoms with E-state index in [-0.39, 0.29) is 18.8 Å². The highest BCUT2D eigenvalue weighted by Gasteiger charge is 2.29. The smallest absolute Gasteiger partial charge is 0.410 e. The minimum Gasteiger partial charge on any atom is -0.445 e. The number of anilines is 3. The van der Waals surface area contributed by atoms with Crippen LogP contribution >= 0.6 is 0 Å². The molecule has 4 N–H and O–H groups in total. The van der Waals surface area contributed by atoms with E-state index in [1.54, 1.807) is 11.0 Å². The molecule has 2 aliphatic carbocycles. The first-order valence-corrected chi connectivity index (χ1v) is 18.9. The van der Waals surface area contributed by atoms with Crippen molar-refractivity contribution in [1.29, 1.82) is 0 Å². The summed E-state index contributed by atoms with van der Waals surface area (Å²) in [6.07, 6.45) is 11.1. The van der Waals surface area contributed by atoms with Gasteiger partial charge < -0.3 is 40.5 Å². The first kappa shape index (κ1) is 37.5. The number of hydrogen-bond acceptors (Lipinski definition) is 10. The minimum absolute atomic E-state index is 0.158. The van der Waals surface area contributed by atoms with Crippen LogP contribution in [0.3, 0.4) is 0 Å². The monoisotopic (exact) mass is 692 g/mol. The number of piperazine rings is 1. The topological polar surface area (TPSA) is 138 Å². The van der Waals surface area contributed by atoms with Gasteiger partial charge in [-0.25, -0.2) is 9.59 Å². The average molecular weight is 693 g/mol. The molecule has 2 heterocycles. The molecule has 0 spiro atoms. The molecule has 0 bridgehead atoms. The Labute approximate surface area is 298 Å². The standard InChI is InChI=1S/C38H60N8O4/c1-38(2,3)50-37(48)46(32-13-8-5-9-14-32)20-10-19-40-26-29-15-17-30(18-16-29)27-41-34-25-33(39)42-35(43-34)44-21-23-45(24-22-44)36(47)49-28-31-11-6-4-7-12-31/h4,6-7,11-12,25,29-30,32,40H,5,8-10,13-24,26-28H2,1-3H3,(H3,39,41,42,43). The third kappa shape index (κ3) is 11.9. The molecule has 1 saturated heterocycles. The molecule has 2 saturated carbocycles. The molecule has 3 fully saturated rings. The van der Waals surface area contributed by atoms with Crippen LogP contribution < -0.4 is 21.3 Å². The maximum Gasteiger partial charge on any atom is 0.410 e. The van der Waals surface area contributed by atoms with Crippen LogP contribution in [0.15, 0.2) is 36.4 Å². The molecular formula is C38H60N8O4. The summed E-state index contributed by atoms with van der Waals surface area (Å²) in [5.74, 6) is 3.04. The zero-order valence-corrected chi connectivity index (χ0v) is 30.6. The highest BCUT2D eigenvalue weighted by molar-refractivity contribution is 5.69. The number of rotatable bonds is 13. The van der Waals surface area contributed by atoms with E-state index in [0.717, 1.165) is 56.8 Å². The Morgan fingerprint density at radius 2 is 1.60 bits per heavy atom.